The number of thiophene rings is 1. The molecule has 0 unspecified atom stereocenters. The topological polar surface area (TPSA) is 110 Å². The molecule has 8 heteroatoms. The molecule has 0 radical (unpaired) electrons. The molecule has 126 valence electrons. The molecule has 1 amide bonds. The molecule has 7 nitrogen and oxygen atoms in total. The summed E-state index contributed by atoms with van der Waals surface area (Å²) in [5.74, 6) is -1.68. The standard InChI is InChI=1S/C16H16N2O5S/c1-4-10-9(3)24-15(13(10)16(20)21)17-14(19)11-6-5-7-12(8(11)2)18(22)23/h5-7H,4H2,1-3H3,(H,17,19)(H,20,21). The summed E-state index contributed by atoms with van der Waals surface area (Å²) < 4.78 is 0. The first-order valence-corrected chi connectivity index (χ1v) is 8.00. The van der Waals surface area contributed by atoms with Gasteiger partial charge >= 0.3 is 5.97 Å². The Hall–Kier alpha value is -2.74. The molecule has 2 aromatic rings. The minimum Gasteiger partial charge on any atom is -0.478 e. The number of carboxylic acids is 1. The monoisotopic (exact) mass is 348 g/mol. The Kier molecular flexibility index (Phi) is 4.99. The largest absolute Gasteiger partial charge is 0.478 e. The Morgan fingerprint density at radius 2 is 2.00 bits per heavy atom. The summed E-state index contributed by atoms with van der Waals surface area (Å²) in [6.07, 6.45) is 0.537. The zero-order valence-electron chi connectivity index (χ0n) is 13.4. The fraction of sp³-hybridized carbons (Fsp3) is 0.250. The average Bonchev–Trinajstić information content (AvgIpc) is 2.82. The summed E-state index contributed by atoms with van der Waals surface area (Å²) >= 11 is 1.19. The highest BCUT2D eigenvalue weighted by molar-refractivity contribution is 7.16. The Morgan fingerprint density at radius 3 is 2.54 bits per heavy atom. The number of hydrogen-bond acceptors (Lipinski definition) is 5. The van der Waals surface area contributed by atoms with Gasteiger partial charge in [0.05, 0.1) is 10.5 Å². The molecule has 0 spiro atoms. The third-order valence-corrected chi connectivity index (χ3v) is 4.81. The van der Waals surface area contributed by atoms with Crippen molar-refractivity contribution in [2.24, 2.45) is 0 Å². The zero-order valence-corrected chi connectivity index (χ0v) is 14.2. The number of carbonyl (C=O) groups is 2. The van der Waals surface area contributed by atoms with E-state index in [-0.39, 0.29) is 27.4 Å². The van der Waals surface area contributed by atoms with E-state index >= 15 is 0 Å². The van der Waals surface area contributed by atoms with E-state index in [0.717, 1.165) is 4.88 Å². The van der Waals surface area contributed by atoms with Crippen LogP contribution in [0.3, 0.4) is 0 Å². The number of nitro groups is 1. The Labute approximate surface area is 142 Å². The Bertz CT molecular complexity index is 841. The van der Waals surface area contributed by atoms with E-state index in [1.165, 1.54) is 36.5 Å². The van der Waals surface area contributed by atoms with Crippen molar-refractivity contribution in [3.05, 3.63) is 55.4 Å². The van der Waals surface area contributed by atoms with Crippen molar-refractivity contribution in [3.63, 3.8) is 0 Å². The highest BCUT2D eigenvalue weighted by Crippen LogP contribution is 2.34. The number of benzene rings is 1. The number of amides is 1. The molecule has 0 fully saturated rings. The summed E-state index contributed by atoms with van der Waals surface area (Å²) in [5, 5.41) is 23.2. The first kappa shape index (κ1) is 17.6. The molecule has 0 aliphatic carbocycles. The van der Waals surface area contributed by atoms with Crippen LogP contribution in [0.4, 0.5) is 10.7 Å². The molecule has 0 saturated heterocycles. The molecule has 0 aliphatic heterocycles. The van der Waals surface area contributed by atoms with Crippen LogP contribution in [0, 0.1) is 24.0 Å². The molecule has 1 aromatic heterocycles. The van der Waals surface area contributed by atoms with Crippen molar-refractivity contribution >= 4 is 33.9 Å². The minimum atomic E-state index is -1.11. The number of carboxylic acid groups (broad SMARTS) is 1. The fourth-order valence-electron chi connectivity index (χ4n) is 2.56. The maximum atomic E-state index is 12.5. The number of aryl methyl sites for hydroxylation is 1. The SMILES string of the molecule is CCc1c(C)sc(NC(=O)c2cccc([N+](=O)[O-])c2C)c1C(=O)O. The van der Waals surface area contributed by atoms with Crippen molar-refractivity contribution in [1.82, 2.24) is 0 Å². The second kappa shape index (κ2) is 6.79. The van der Waals surface area contributed by atoms with Crippen LogP contribution in [-0.2, 0) is 6.42 Å². The van der Waals surface area contributed by atoms with Crippen LogP contribution >= 0.6 is 11.3 Å². The van der Waals surface area contributed by atoms with Gasteiger partial charge in [0.25, 0.3) is 11.6 Å². The summed E-state index contributed by atoms with van der Waals surface area (Å²) in [6, 6.07) is 4.22. The number of nitro benzene ring substituents is 1. The van der Waals surface area contributed by atoms with Crippen LogP contribution in [0.1, 0.15) is 43.6 Å². The van der Waals surface area contributed by atoms with Crippen molar-refractivity contribution < 1.29 is 19.6 Å². The third-order valence-electron chi connectivity index (χ3n) is 3.75. The number of hydrogen-bond donors (Lipinski definition) is 2. The van der Waals surface area contributed by atoms with Gasteiger partial charge in [-0.25, -0.2) is 4.79 Å². The molecule has 1 heterocycles. The van der Waals surface area contributed by atoms with Crippen LogP contribution in [-0.4, -0.2) is 21.9 Å². The van der Waals surface area contributed by atoms with E-state index in [1.54, 1.807) is 6.92 Å². The number of rotatable bonds is 5. The third kappa shape index (κ3) is 3.13. The van der Waals surface area contributed by atoms with Gasteiger partial charge in [-0.15, -0.1) is 11.3 Å². The lowest BCUT2D eigenvalue weighted by Crippen LogP contribution is -2.15. The van der Waals surface area contributed by atoms with E-state index in [2.05, 4.69) is 5.32 Å². The van der Waals surface area contributed by atoms with Gasteiger partial charge in [-0.1, -0.05) is 13.0 Å². The van der Waals surface area contributed by atoms with Gasteiger partial charge in [-0.2, -0.15) is 0 Å². The number of nitrogens with one attached hydrogen (secondary N) is 1. The van der Waals surface area contributed by atoms with E-state index < -0.39 is 16.8 Å². The molecule has 0 bridgehead atoms. The number of carbonyl (C=O) groups excluding carboxylic acids is 1. The maximum Gasteiger partial charge on any atom is 0.339 e. The van der Waals surface area contributed by atoms with Gasteiger partial charge in [0.2, 0.25) is 0 Å². The van der Waals surface area contributed by atoms with Gasteiger partial charge in [0.1, 0.15) is 5.00 Å². The number of anilines is 1. The molecular weight excluding hydrogens is 332 g/mol. The number of nitrogens with zero attached hydrogens (tertiary/aromatic N) is 1. The van der Waals surface area contributed by atoms with Crippen molar-refractivity contribution in [2.75, 3.05) is 5.32 Å². The van der Waals surface area contributed by atoms with Crippen molar-refractivity contribution in [3.8, 4) is 0 Å². The molecule has 1 aromatic carbocycles. The lowest BCUT2D eigenvalue weighted by atomic mass is 10.1. The van der Waals surface area contributed by atoms with Gasteiger partial charge in [0, 0.05) is 22.1 Å². The van der Waals surface area contributed by atoms with Crippen LogP contribution in [0.15, 0.2) is 18.2 Å². The van der Waals surface area contributed by atoms with Gasteiger partial charge in [-0.05, 0) is 31.9 Å². The van der Waals surface area contributed by atoms with Crippen LogP contribution in [0.2, 0.25) is 0 Å². The van der Waals surface area contributed by atoms with E-state index in [0.29, 0.717) is 12.0 Å². The highest BCUT2D eigenvalue weighted by Gasteiger charge is 2.24. The smallest absolute Gasteiger partial charge is 0.339 e. The predicted octanol–water partition coefficient (Wildman–Crippen LogP) is 3.79. The van der Waals surface area contributed by atoms with Gasteiger partial charge in [0.15, 0.2) is 0 Å². The molecule has 0 saturated carbocycles. The molecular formula is C16H16N2O5S. The van der Waals surface area contributed by atoms with Crippen molar-refractivity contribution in [2.45, 2.75) is 27.2 Å². The predicted molar refractivity (Wildman–Crippen MR) is 91.2 cm³/mol. The molecule has 2 rings (SSSR count). The lowest BCUT2D eigenvalue weighted by molar-refractivity contribution is -0.385. The number of aromatic carboxylic acids is 1. The van der Waals surface area contributed by atoms with Crippen molar-refractivity contribution in [1.29, 1.82) is 0 Å². The molecule has 0 aliphatic rings. The summed E-state index contributed by atoms with van der Waals surface area (Å²) in [5.41, 5.74) is 0.984. The normalized spacial score (nSPS) is 10.5. The fourth-order valence-corrected chi connectivity index (χ4v) is 3.69. The van der Waals surface area contributed by atoms with Crippen LogP contribution in [0.5, 0.6) is 0 Å². The van der Waals surface area contributed by atoms with Gasteiger partial charge in [-0.3, -0.25) is 14.9 Å². The highest BCUT2D eigenvalue weighted by atomic mass is 32.1. The molecule has 0 atom stereocenters. The summed E-state index contributed by atoms with van der Waals surface area (Å²) in [7, 11) is 0. The van der Waals surface area contributed by atoms with E-state index in [4.69, 9.17) is 0 Å². The maximum absolute atomic E-state index is 12.5. The lowest BCUT2D eigenvalue weighted by Gasteiger charge is -2.08. The van der Waals surface area contributed by atoms with Crippen LogP contribution < -0.4 is 5.32 Å². The first-order chi connectivity index (χ1) is 11.3. The van der Waals surface area contributed by atoms with Crippen LogP contribution in [0.25, 0.3) is 0 Å². The summed E-state index contributed by atoms with van der Waals surface area (Å²) in [6.45, 7) is 5.13. The van der Waals surface area contributed by atoms with E-state index in [9.17, 15) is 24.8 Å². The molecule has 24 heavy (non-hydrogen) atoms. The first-order valence-electron chi connectivity index (χ1n) is 7.18. The quantitative estimate of drug-likeness (QED) is 0.631. The molecule has 2 N–H and O–H groups in total. The van der Waals surface area contributed by atoms with E-state index in [1.807, 2.05) is 6.92 Å². The second-order valence-electron chi connectivity index (χ2n) is 5.16. The average molecular weight is 348 g/mol. The Morgan fingerprint density at radius 1 is 1.33 bits per heavy atom. The minimum absolute atomic E-state index is 0.0800. The summed E-state index contributed by atoms with van der Waals surface area (Å²) in [4.78, 5) is 35.2. The second-order valence-corrected chi connectivity index (χ2v) is 6.39. The zero-order chi connectivity index (χ0) is 18.0. The van der Waals surface area contributed by atoms with Gasteiger partial charge < -0.3 is 10.4 Å². The Balaban J connectivity index is 2.43.